The largest absolute Gasteiger partial charge is 0.469 e. The quantitative estimate of drug-likeness (QED) is 0.193. The number of esters is 1. The zero-order valence-corrected chi connectivity index (χ0v) is 18.4. The van der Waals surface area contributed by atoms with Gasteiger partial charge in [0.1, 0.15) is 0 Å². The van der Waals surface area contributed by atoms with Crippen molar-refractivity contribution in [3.63, 3.8) is 0 Å². The third-order valence-electron chi connectivity index (χ3n) is 4.06. The SMILES string of the molecule is CCCCCC#CCC#CC/C=C\C=C\C1(CCCC(=O)OC)SCCS1. The number of hydrogen-bond acceptors (Lipinski definition) is 4. The molecule has 4 heteroatoms. The van der Waals surface area contributed by atoms with Gasteiger partial charge in [-0.2, -0.15) is 0 Å². The van der Waals surface area contributed by atoms with Crippen LogP contribution in [0.1, 0.15) is 64.7 Å². The van der Waals surface area contributed by atoms with Gasteiger partial charge in [-0.05, 0) is 19.3 Å². The molecule has 1 aliphatic heterocycles. The highest BCUT2D eigenvalue weighted by molar-refractivity contribution is 8.21. The first-order chi connectivity index (χ1) is 13.2. The Morgan fingerprint density at radius 3 is 2.59 bits per heavy atom. The van der Waals surface area contributed by atoms with Crippen LogP contribution in [-0.4, -0.2) is 28.7 Å². The monoisotopic (exact) mass is 404 g/mol. The summed E-state index contributed by atoms with van der Waals surface area (Å²) in [7, 11) is 1.45. The Morgan fingerprint density at radius 2 is 1.85 bits per heavy atom. The summed E-state index contributed by atoms with van der Waals surface area (Å²) >= 11 is 3.96. The van der Waals surface area contributed by atoms with Crippen LogP contribution in [0.4, 0.5) is 0 Å². The highest BCUT2D eigenvalue weighted by Crippen LogP contribution is 2.48. The second-order valence-electron chi connectivity index (χ2n) is 6.27. The zero-order valence-electron chi connectivity index (χ0n) is 16.7. The summed E-state index contributed by atoms with van der Waals surface area (Å²) in [6, 6.07) is 0. The highest BCUT2D eigenvalue weighted by atomic mass is 32.2. The Labute approximate surface area is 174 Å². The lowest BCUT2D eigenvalue weighted by Gasteiger charge is -2.22. The Balaban J connectivity index is 2.28. The molecule has 1 fully saturated rings. The van der Waals surface area contributed by atoms with Crippen molar-refractivity contribution in [2.24, 2.45) is 0 Å². The Kier molecular flexibility index (Phi) is 13.9. The van der Waals surface area contributed by atoms with Gasteiger partial charge in [-0.15, -0.1) is 29.4 Å². The molecule has 1 rings (SSSR count). The van der Waals surface area contributed by atoms with Crippen molar-refractivity contribution in [3.05, 3.63) is 24.3 Å². The third-order valence-corrected chi connectivity index (χ3v) is 7.50. The van der Waals surface area contributed by atoms with Gasteiger partial charge in [0.15, 0.2) is 0 Å². The molecule has 27 heavy (non-hydrogen) atoms. The van der Waals surface area contributed by atoms with E-state index in [1.807, 2.05) is 23.5 Å². The summed E-state index contributed by atoms with van der Waals surface area (Å²) in [6.45, 7) is 2.21. The molecular formula is C23H32O2S2. The normalized spacial score (nSPS) is 15.3. The first-order valence-electron chi connectivity index (χ1n) is 9.83. The van der Waals surface area contributed by atoms with E-state index >= 15 is 0 Å². The molecule has 148 valence electrons. The topological polar surface area (TPSA) is 26.3 Å². The summed E-state index contributed by atoms with van der Waals surface area (Å²) in [4.78, 5) is 11.3. The van der Waals surface area contributed by atoms with E-state index in [4.69, 9.17) is 4.74 Å². The second kappa shape index (κ2) is 15.8. The van der Waals surface area contributed by atoms with Gasteiger partial charge in [0.2, 0.25) is 0 Å². The van der Waals surface area contributed by atoms with E-state index in [2.05, 4.69) is 54.9 Å². The summed E-state index contributed by atoms with van der Waals surface area (Å²) in [5.74, 6) is 14.8. The van der Waals surface area contributed by atoms with Crippen LogP contribution in [0.5, 0.6) is 0 Å². The molecule has 0 unspecified atom stereocenters. The minimum Gasteiger partial charge on any atom is -0.469 e. The van der Waals surface area contributed by atoms with Gasteiger partial charge in [0, 0.05) is 30.8 Å². The Bertz CT molecular complexity index is 593. The number of thioether (sulfide) groups is 2. The van der Waals surface area contributed by atoms with Gasteiger partial charge in [-0.25, -0.2) is 0 Å². The molecule has 0 aliphatic carbocycles. The van der Waals surface area contributed by atoms with E-state index in [-0.39, 0.29) is 10.0 Å². The number of unbranched alkanes of at least 4 members (excludes halogenated alkanes) is 3. The fourth-order valence-corrected chi connectivity index (χ4v) is 5.69. The number of rotatable bonds is 10. The van der Waals surface area contributed by atoms with E-state index in [0.717, 1.165) is 25.7 Å². The molecule has 0 N–H and O–H groups in total. The minimum atomic E-state index is -0.119. The Morgan fingerprint density at radius 1 is 1.07 bits per heavy atom. The lowest BCUT2D eigenvalue weighted by atomic mass is 10.1. The fourth-order valence-electron chi connectivity index (χ4n) is 2.58. The number of carbonyl (C=O) groups is 1. The molecule has 0 spiro atoms. The number of methoxy groups -OCH3 is 1. The van der Waals surface area contributed by atoms with E-state index in [0.29, 0.717) is 12.8 Å². The molecule has 0 aromatic rings. The van der Waals surface area contributed by atoms with E-state index < -0.39 is 0 Å². The lowest BCUT2D eigenvalue weighted by molar-refractivity contribution is -0.140. The fraction of sp³-hybridized carbons (Fsp3) is 0.609. The van der Waals surface area contributed by atoms with Crippen molar-refractivity contribution in [1.29, 1.82) is 0 Å². The van der Waals surface area contributed by atoms with Gasteiger partial charge >= 0.3 is 5.97 Å². The summed E-state index contributed by atoms with van der Waals surface area (Å²) in [6.07, 6.45) is 17.1. The number of ether oxygens (including phenoxy) is 1. The van der Waals surface area contributed by atoms with Crippen molar-refractivity contribution < 1.29 is 9.53 Å². The molecule has 0 bridgehead atoms. The van der Waals surface area contributed by atoms with Crippen LogP contribution in [-0.2, 0) is 9.53 Å². The van der Waals surface area contributed by atoms with Crippen molar-refractivity contribution in [2.75, 3.05) is 18.6 Å². The van der Waals surface area contributed by atoms with Gasteiger partial charge < -0.3 is 4.74 Å². The summed E-state index contributed by atoms with van der Waals surface area (Å²) in [5.41, 5.74) is 0. The van der Waals surface area contributed by atoms with Crippen molar-refractivity contribution in [2.45, 2.75) is 68.8 Å². The second-order valence-corrected chi connectivity index (χ2v) is 9.38. The van der Waals surface area contributed by atoms with Gasteiger partial charge in [-0.1, -0.05) is 61.8 Å². The molecule has 0 aromatic carbocycles. The van der Waals surface area contributed by atoms with Gasteiger partial charge in [-0.3, -0.25) is 4.79 Å². The van der Waals surface area contributed by atoms with Crippen LogP contribution in [0.15, 0.2) is 24.3 Å². The average Bonchev–Trinajstić information content (AvgIpc) is 3.14. The van der Waals surface area contributed by atoms with Crippen molar-refractivity contribution in [3.8, 4) is 23.7 Å². The molecule has 0 saturated carbocycles. The van der Waals surface area contributed by atoms with Crippen molar-refractivity contribution in [1.82, 2.24) is 0 Å². The summed E-state index contributed by atoms with van der Waals surface area (Å²) < 4.78 is 4.84. The van der Waals surface area contributed by atoms with Crippen LogP contribution in [0.2, 0.25) is 0 Å². The van der Waals surface area contributed by atoms with Crippen LogP contribution in [0.3, 0.4) is 0 Å². The maximum absolute atomic E-state index is 11.3. The number of carbonyl (C=O) groups excluding carboxylic acids is 1. The molecule has 1 saturated heterocycles. The Hall–Kier alpha value is -1.23. The molecular weight excluding hydrogens is 372 g/mol. The molecule has 2 nitrogen and oxygen atoms in total. The molecule has 0 radical (unpaired) electrons. The van der Waals surface area contributed by atoms with E-state index in [9.17, 15) is 4.79 Å². The van der Waals surface area contributed by atoms with E-state index in [1.54, 1.807) is 0 Å². The maximum atomic E-state index is 11.3. The maximum Gasteiger partial charge on any atom is 0.305 e. The van der Waals surface area contributed by atoms with Crippen LogP contribution in [0.25, 0.3) is 0 Å². The first-order valence-corrected chi connectivity index (χ1v) is 11.8. The van der Waals surface area contributed by atoms with Crippen molar-refractivity contribution >= 4 is 29.5 Å². The zero-order chi connectivity index (χ0) is 19.6. The highest BCUT2D eigenvalue weighted by Gasteiger charge is 2.32. The molecule has 0 aromatic heterocycles. The van der Waals surface area contributed by atoms with E-state index in [1.165, 1.54) is 37.9 Å². The third kappa shape index (κ3) is 12.0. The molecule has 0 atom stereocenters. The molecule has 0 amide bonds. The lowest BCUT2D eigenvalue weighted by Crippen LogP contribution is -2.14. The van der Waals surface area contributed by atoms with Crippen LogP contribution >= 0.6 is 23.5 Å². The van der Waals surface area contributed by atoms with Crippen LogP contribution < -0.4 is 0 Å². The smallest absolute Gasteiger partial charge is 0.305 e. The molecule has 1 aliphatic rings. The molecule has 1 heterocycles. The average molecular weight is 405 g/mol. The predicted octanol–water partition coefficient (Wildman–Crippen LogP) is 5.99. The number of hydrogen-bond donors (Lipinski definition) is 0. The van der Waals surface area contributed by atoms with Crippen LogP contribution in [0, 0.1) is 23.7 Å². The number of allylic oxidation sites excluding steroid dienone is 3. The minimum absolute atomic E-state index is 0.109. The first kappa shape index (κ1) is 23.8. The predicted molar refractivity (Wildman–Crippen MR) is 121 cm³/mol. The standard InChI is InChI=1S/C23H32O2S2/c1-3-4-5-6-7-8-9-10-11-12-13-14-15-18-23(26-20-21-27-23)19-16-17-22(24)25-2/h13-15,18H,3-6,9,12,16-17,19-21H2,1-2H3/b14-13-,18-15+. The summed E-state index contributed by atoms with van der Waals surface area (Å²) in [5, 5.41) is 0. The van der Waals surface area contributed by atoms with Gasteiger partial charge in [0.05, 0.1) is 17.6 Å². The van der Waals surface area contributed by atoms with Gasteiger partial charge in [0.25, 0.3) is 0 Å².